The highest BCUT2D eigenvalue weighted by molar-refractivity contribution is 9.10. The molecule has 2 rings (SSSR count). The summed E-state index contributed by atoms with van der Waals surface area (Å²) in [6.45, 7) is 0.905. The van der Waals surface area contributed by atoms with E-state index >= 15 is 0 Å². The van der Waals surface area contributed by atoms with Crippen molar-refractivity contribution < 1.29 is 0 Å². The Balaban J connectivity index is 1.88. The Morgan fingerprint density at radius 1 is 1.53 bits per heavy atom. The van der Waals surface area contributed by atoms with Crippen molar-refractivity contribution in [2.24, 2.45) is 11.7 Å². The summed E-state index contributed by atoms with van der Waals surface area (Å²) in [7, 11) is 0. The van der Waals surface area contributed by atoms with Gasteiger partial charge in [0.1, 0.15) is 5.82 Å². The van der Waals surface area contributed by atoms with Gasteiger partial charge >= 0.3 is 0 Å². The second-order valence-electron chi connectivity index (χ2n) is 4.66. The van der Waals surface area contributed by atoms with E-state index in [2.05, 4.69) is 26.2 Å². The quantitative estimate of drug-likeness (QED) is 0.898. The standard InChI is InChI=1S/C12H17BrClN3/c13-9-5-11(14)12(17-7-9)16-6-8-2-1-3-10(15)4-8/h5,7-8,10H,1-4,6,15H2,(H,16,17). The van der Waals surface area contributed by atoms with Crippen molar-refractivity contribution in [3.63, 3.8) is 0 Å². The summed E-state index contributed by atoms with van der Waals surface area (Å²) in [6.07, 6.45) is 6.49. The molecule has 94 valence electrons. The summed E-state index contributed by atoms with van der Waals surface area (Å²) in [5.41, 5.74) is 5.97. The van der Waals surface area contributed by atoms with Crippen LogP contribution in [0.5, 0.6) is 0 Å². The molecule has 1 aliphatic rings. The largest absolute Gasteiger partial charge is 0.369 e. The molecule has 0 amide bonds. The van der Waals surface area contributed by atoms with Crippen molar-refractivity contribution in [2.45, 2.75) is 31.7 Å². The number of halogens is 2. The zero-order valence-corrected chi connectivity index (χ0v) is 12.0. The highest BCUT2D eigenvalue weighted by Gasteiger charge is 2.19. The maximum atomic E-state index is 6.10. The number of aromatic nitrogens is 1. The average Bonchev–Trinajstić information content (AvgIpc) is 2.28. The lowest BCUT2D eigenvalue weighted by Gasteiger charge is -2.26. The SMILES string of the molecule is NC1CCCC(CNc2ncc(Br)cc2Cl)C1. The first-order valence-corrected chi connectivity index (χ1v) is 7.12. The first-order valence-electron chi connectivity index (χ1n) is 5.95. The second kappa shape index (κ2) is 6.03. The number of nitrogens with two attached hydrogens (primary N) is 1. The number of pyridine rings is 1. The van der Waals surface area contributed by atoms with Crippen molar-refractivity contribution in [3.05, 3.63) is 21.8 Å². The van der Waals surface area contributed by atoms with Crippen LogP contribution in [0.4, 0.5) is 5.82 Å². The van der Waals surface area contributed by atoms with Gasteiger partial charge in [0.25, 0.3) is 0 Å². The average molecular weight is 319 g/mol. The number of nitrogens with one attached hydrogen (secondary N) is 1. The van der Waals surface area contributed by atoms with Crippen LogP contribution in [-0.4, -0.2) is 17.6 Å². The molecule has 0 aromatic carbocycles. The maximum absolute atomic E-state index is 6.10. The molecule has 1 saturated carbocycles. The molecule has 0 spiro atoms. The Bertz CT molecular complexity index is 386. The molecular weight excluding hydrogens is 302 g/mol. The van der Waals surface area contributed by atoms with Crippen LogP contribution in [0.2, 0.25) is 5.02 Å². The zero-order valence-electron chi connectivity index (χ0n) is 9.63. The van der Waals surface area contributed by atoms with Gasteiger partial charge in [0.15, 0.2) is 0 Å². The van der Waals surface area contributed by atoms with Crippen LogP contribution in [0.25, 0.3) is 0 Å². The van der Waals surface area contributed by atoms with E-state index in [0.717, 1.165) is 29.7 Å². The Morgan fingerprint density at radius 3 is 3.06 bits per heavy atom. The van der Waals surface area contributed by atoms with Gasteiger partial charge in [-0.15, -0.1) is 0 Å². The van der Waals surface area contributed by atoms with E-state index in [1.54, 1.807) is 6.20 Å². The minimum Gasteiger partial charge on any atom is -0.369 e. The number of nitrogens with zero attached hydrogens (tertiary/aromatic N) is 1. The van der Waals surface area contributed by atoms with Gasteiger partial charge in [-0.3, -0.25) is 0 Å². The van der Waals surface area contributed by atoms with E-state index in [1.807, 2.05) is 6.07 Å². The van der Waals surface area contributed by atoms with Gasteiger partial charge in [-0.05, 0) is 47.2 Å². The van der Waals surface area contributed by atoms with Crippen LogP contribution in [-0.2, 0) is 0 Å². The predicted molar refractivity (Wildman–Crippen MR) is 75.4 cm³/mol. The van der Waals surface area contributed by atoms with Crippen molar-refractivity contribution in [1.82, 2.24) is 4.98 Å². The molecule has 1 aliphatic carbocycles. The highest BCUT2D eigenvalue weighted by atomic mass is 79.9. The molecule has 0 radical (unpaired) electrons. The molecule has 0 saturated heterocycles. The fraction of sp³-hybridized carbons (Fsp3) is 0.583. The molecular formula is C12H17BrClN3. The van der Waals surface area contributed by atoms with Crippen LogP contribution in [0.3, 0.4) is 0 Å². The van der Waals surface area contributed by atoms with Crippen LogP contribution < -0.4 is 11.1 Å². The fourth-order valence-electron chi connectivity index (χ4n) is 2.30. The van der Waals surface area contributed by atoms with Gasteiger partial charge in [0, 0.05) is 23.3 Å². The van der Waals surface area contributed by atoms with Gasteiger partial charge in [0.05, 0.1) is 5.02 Å². The number of anilines is 1. The van der Waals surface area contributed by atoms with Crippen molar-refractivity contribution in [1.29, 1.82) is 0 Å². The summed E-state index contributed by atoms with van der Waals surface area (Å²) in [6, 6.07) is 2.22. The van der Waals surface area contributed by atoms with Crippen molar-refractivity contribution >= 4 is 33.3 Å². The maximum Gasteiger partial charge on any atom is 0.144 e. The molecule has 1 fully saturated rings. The third-order valence-corrected chi connectivity index (χ3v) is 3.91. The van der Waals surface area contributed by atoms with E-state index in [9.17, 15) is 0 Å². The number of rotatable bonds is 3. The van der Waals surface area contributed by atoms with Gasteiger partial charge in [-0.2, -0.15) is 0 Å². The second-order valence-corrected chi connectivity index (χ2v) is 5.98. The molecule has 0 bridgehead atoms. The first-order chi connectivity index (χ1) is 8.15. The summed E-state index contributed by atoms with van der Waals surface area (Å²) in [4.78, 5) is 4.26. The molecule has 1 heterocycles. The lowest BCUT2D eigenvalue weighted by atomic mass is 9.86. The lowest BCUT2D eigenvalue weighted by molar-refractivity contribution is 0.335. The third kappa shape index (κ3) is 3.83. The molecule has 1 aromatic rings. The monoisotopic (exact) mass is 317 g/mol. The predicted octanol–water partition coefficient (Wildman–Crippen LogP) is 3.43. The summed E-state index contributed by atoms with van der Waals surface area (Å²) < 4.78 is 0.896. The van der Waals surface area contributed by atoms with E-state index in [1.165, 1.54) is 12.8 Å². The van der Waals surface area contributed by atoms with E-state index in [-0.39, 0.29) is 0 Å². The normalized spacial score (nSPS) is 24.6. The van der Waals surface area contributed by atoms with Crippen molar-refractivity contribution in [3.8, 4) is 0 Å². The molecule has 3 nitrogen and oxygen atoms in total. The summed E-state index contributed by atoms with van der Waals surface area (Å²) in [5, 5.41) is 3.96. The Hall–Kier alpha value is -0.320. The minimum atomic E-state index is 0.365. The number of hydrogen-bond acceptors (Lipinski definition) is 3. The van der Waals surface area contributed by atoms with E-state index < -0.39 is 0 Å². The van der Waals surface area contributed by atoms with Crippen LogP contribution >= 0.6 is 27.5 Å². The molecule has 2 atom stereocenters. The van der Waals surface area contributed by atoms with Crippen LogP contribution in [0.15, 0.2) is 16.7 Å². The van der Waals surface area contributed by atoms with Gasteiger partial charge in [-0.25, -0.2) is 4.98 Å². The van der Waals surface area contributed by atoms with Crippen LogP contribution in [0.1, 0.15) is 25.7 Å². The molecule has 17 heavy (non-hydrogen) atoms. The smallest absolute Gasteiger partial charge is 0.144 e. The summed E-state index contributed by atoms with van der Waals surface area (Å²) in [5.74, 6) is 1.40. The molecule has 0 aliphatic heterocycles. The molecule has 5 heteroatoms. The van der Waals surface area contributed by atoms with Gasteiger partial charge in [0.2, 0.25) is 0 Å². The zero-order chi connectivity index (χ0) is 12.3. The number of hydrogen-bond donors (Lipinski definition) is 2. The Kier molecular flexibility index (Phi) is 4.65. The Labute approximate surface area is 115 Å². The summed E-state index contributed by atoms with van der Waals surface area (Å²) >= 11 is 9.44. The van der Waals surface area contributed by atoms with E-state index in [4.69, 9.17) is 17.3 Å². The molecule has 2 unspecified atom stereocenters. The first kappa shape index (κ1) is 13.1. The Morgan fingerprint density at radius 2 is 2.35 bits per heavy atom. The van der Waals surface area contributed by atoms with Crippen LogP contribution in [0, 0.1) is 5.92 Å². The fourth-order valence-corrected chi connectivity index (χ4v) is 3.00. The topological polar surface area (TPSA) is 50.9 Å². The lowest BCUT2D eigenvalue weighted by Crippen LogP contribution is -2.31. The minimum absolute atomic E-state index is 0.365. The molecule has 1 aromatic heterocycles. The third-order valence-electron chi connectivity index (χ3n) is 3.19. The highest BCUT2D eigenvalue weighted by Crippen LogP contribution is 2.26. The van der Waals surface area contributed by atoms with E-state index in [0.29, 0.717) is 17.0 Å². The van der Waals surface area contributed by atoms with Gasteiger partial charge in [-0.1, -0.05) is 18.0 Å². The van der Waals surface area contributed by atoms with Gasteiger partial charge < -0.3 is 11.1 Å². The van der Waals surface area contributed by atoms with Crippen molar-refractivity contribution in [2.75, 3.05) is 11.9 Å². The molecule has 3 N–H and O–H groups in total.